The van der Waals surface area contributed by atoms with Crippen LogP contribution in [0.3, 0.4) is 0 Å². The lowest BCUT2D eigenvalue weighted by Gasteiger charge is -2.36. The molecule has 2 aliphatic carbocycles. The van der Waals surface area contributed by atoms with Gasteiger partial charge >= 0.3 is 12.1 Å². The molecule has 3 N–H and O–H groups in total. The number of rotatable bonds is 10. The minimum atomic E-state index is -1.22. The average molecular weight is 479 g/mol. The molecule has 0 saturated heterocycles. The second-order valence-corrected chi connectivity index (χ2v) is 10.2. The maximum atomic E-state index is 13.3. The second kappa shape index (κ2) is 9.72. The molecule has 186 valence electrons. The lowest BCUT2D eigenvalue weighted by molar-refractivity contribution is -0.139. The summed E-state index contributed by atoms with van der Waals surface area (Å²) in [5.74, 6) is -1.29. The molecular formula is C28H34N2O5. The quantitative estimate of drug-likeness (QED) is 0.453. The van der Waals surface area contributed by atoms with Gasteiger partial charge in [-0.15, -0.1) is 0 Å². The monoisotopic (exact) mass is 478 g/mol. The molecule has 7 nitrogen and oxygen atoms in total. The fraction of sp³-hybridized carbons (Fsp3) is 0.464. The summed E-state index contributed by atoms with van der Waals surface area (Å²) >= 11 is 0. The van der Waals surface area contributed by atoms with Gasteiger partial charge < -0.3 is 20.5 Å². The number of benzene rings is 2. The Kier molecular flexibility index (Phi) is 6.88. The fourth-order valence-corrected chi connectivity index (χ4v) is 5.32. The number of hydrogen-bond acceptors (Lipinski definition) is 4. The topological polar surface area (TPSA) is 105 Å². The molecule has 2 aliphatic rings. The number of ether oxygens (including phenoxy) is 1. The molecule has 2 atom stereocenters. The predicted molar refractivity (Wildman–Crippen MR) is 133 cm³/mol. The first kappa shape index (κ1) is 24.8. The smallest absolute Gasteiger partial charge is 0.408 e. The maximum Gasteiger partial charge on any atom is 0.408 e. The van der Waals surface area contributed by atoms with Crippen LogP contribution in [0.2, 0.25) is 0 Å². The summed E-state index contributed by atoms with van der Waals surface area (Å²) in [4.78, 5) is 37.7. The van der Waals surface area contributed by atoms with Gasteiger partial charge in [0.15, 0.2) is 0 Å². The Labute approximate surface area is 206 Å². The maximum absolute atomic E-state index is 13.3. The summed E-state index contributed by atoms with van der Waals surface area (Å²) in [6.45, 7) is 5.53. The van der Waals surface area contributed by atoms with Gasteiger partial charge in [0.2, 0.25) is 5.91 Å². The van der Waals surface area contributed by atoms with Crippen molar-refractivity contribution in [2.45, 2.75) is 69.9 Å². The molecule has 0 heterocycles. The first-order valence-corrected chi connectivity index (χ1v) is 12.3. The molecule has 2 aromatic rings. The van der Waals surface area contributed by atoms with Crippen molar-refractivity contribution in [2.75, 3.05) is 6.61 Å². The molecule has 2 amide bonds. The molecule has 4 rings (SSSR count). The summed E-state index contributed by atoms with van der Waals surface area (Å²) in [7, 11) is 0. The van der Waals surface area contributed by atoms with E-state index in [1.165, 1.54) is 0 Å². The van der Waals surface area contributed by atoms with E-state index >= 15 is 0 Å². The molecule has 0 bridgehead atoms. The number of hydrogen-bond donors (Lipinski definition) is 3. The Morgan fingerprint density at radius 2 is 1.54 bits per heavy atom. The number of carbonyl (C=O) groups excluding carboxylic acids is 2. The molecule has 0 radical (unpaired) electrons. The summed E-state index contributed by atoms with van der Waals surface area (Å²) < 4.78 is 5.66. The second-order valence-electron chi connectivity index (χ2n) is 10.2. The number of carboxylic acid groups (broad SMARTS) is 1. The van der Waals surface area contributed by atoms with Crippen LogP contribution in [0, 0.1) is 5.92 Å². The van der Waals surface area contributed by atoms with E-state index in [2.05, 4.69) is 34.9 Å². The molecular weight excluding hydrogens is 444 g/mol. The summed E-state index contributed by atoms with van der Waals surface area (Å²) in [6, 6.07) is 16.2. The molecule has 2 aromatic carbocycles. The highest BCUT2D eigenvalue weighted by Crippen LogP contribution is 2.44. The van der Waals surface area contributed by atoms with Crippen molar-refractivity contribution < 1.29 is 24.2 Å². The van der Waals surface area contributed by atoms with Gasteiger partial charge in [0.05, 0.1) is 12.0 Å². The molecule has 1 saturated carbocycles. The molecule has 0 aromatic heterocycles. The van der Waals surface area contributed by atoms with Gasteiger partial charge in [-0.25, -0.2) is 4.79 Å². The van der Waals surface area contributed by atoms with E-state index in [9.17, 15) is 19.5 Å². The largest absolute Gasteiger partial charge is 0.481 e. The molecule has 2 unspecified atom stereocenters. The van der Waals surface area contributed by atoms with Crippen LogP contribution in [0.5, 0.6) is 0 Å². The van der Waals surface area contributed by atoms with Gasteiger partial charge in [0, 0.05) is 5.92 Å². The normalized spacial score (nSPS) is 17.9. The van der Waals surface area contributed by atoms with E-state index < -0.39 is 23.1 Å². The Morgan fingerprint density at radius 1 is 0.971 bits per heavy atom. The number of fused-ring (bicyclic) bond motifs is 3. The summed E-state index contributed by atoms with van der Waals surface area (Å²) in [6.07, 6.45) is 2.01. The van der Waals surface area contributed by atoms with Gasteiger partial charge in [0.1, 0.15) is 12.1 Å². The van der Waals surface area contributed by atoms with E-state index in [1.807, 2.05) is 31.2 Å². The van der Waals surface area contributed by atoms with Crippen molar-refractivity contribution in [1.82, 2.24) is 10.6 Å². The molecule has 0 aliphatic heterocycles. The number of alkyl carbamates (subject to hydrolysis) is 1. The van der Waals surface area contributed by atoms with E-state index in [0.717, 1.165) is 35.1 Å². The van der Waals surface area contributed by atoms with Crippen LogP contribution in [-0.2, 0) is 14.3 Å². The predicted octanol–water partition coefficient (Wildman–Crippen LogP) is 4.84. The Morgan fingerprint density at radius 3 is 2.06 bits per heavy atom. The van der Waals surface area contributed by atoms with Crippen LogP contribution < -0.4 is 10.6 Å². The van der Waals surface area contributed by atoms with Crippen LogP contribution in [0.1, 0.15) is 69.9 Å². The van der Waals surface area contributed by atoms with Crippen LogP contribution in [0.4, 0.5) is 4.79 Å². The zero-order valence-corrected chi connectivity index (χ0v) is 20.6. The van der Waals surface area contributed by atoms with Crippen LogP contribution in [0.15, 0.2) is 48.5 Å². The molecule has 35 heavy (non-hydrogen) atoms. The van der Waals surface area contributed by atoms with Gasteiger partial charge in [-0.2, -0.15) is 0 Å². The highest BCUT2D eigenvalue weighted by molar-refractivity contribution is 5.90. The minimum Gasteiger partial charge on any atom is -0.481 e. The van der Waals surface area contributed by atoms with Crippen molar-refractivity contribution in [2.24, 2.45) is 5.92 Å². The number of nitrogens with one attached hydrogen (secondary N) is 2. The summed E-state index contributed by atoms with van der Waals surface area (Å²) in [5, 5.41) is 15.1. The van der Waals surface area contributed by atoms with Gasteiger partial charge in [0.25, 0.3) is 0 Å². The highest BCUT2D eigenvalue weighted by atomic mass is 16.5. The number of carbonyl (C=O) groups is 3. The fourth-order valence-electron chi connectivity index (χ4n) is 5.32. The van der Waals surface area contributed by atoms with E-state index in [-0.39, 0.29) is 30.8 Å². The number of aliphatic carboxylic acids is 1. The lowest BCUT2D eigenvalue weighted by atomic mass is 9.88. The van der Waals surface area contributed by atoms with Crippen LogP contribution in [0.25, 0.3) is 11.1 Å². The number of carboxylic acids is 1. The molecule has 7 heteroatoms. The van der Waals surface area contributed by atoms with Crippen LogP contribution in [-0.4, -0.2) is 40.8 Å². The number of amides is 2. The first-order valence-electron chi connectivity index (χ1n) is 12.3. The lowest BCUT2D eigenvalue weighted by Crippen LogP contribution is -2.62. The zero-order chi connectivity index (χ0) is 25.2. The standard InChI is InChI=1S/C28H34N2O5/c1-4-15-27(2,25(33)29-28(3,16-24(31)32)18-13-14-18)30-26(34)35-17-23-21-11-7-5-9-19(21)20-10-6-8-12-22(20)23/h5-12,18,23H,4,13-17H2,1-3H3,(H,29,33)(H,30,34)(H,31,32). The molecule has 1 fully saturated rings. The van der Waals surface area contributed by atoms with Crippen molar-refractivity contribution in [1.29, 1.82) is 0 Å². The van der Waals surface area contributed by atoms with Crippen molar-refractivity contribution in [3.05, 3.63) is 59.7 Å². The van der Waals surface area contributed by atoms with Gasteiger partial charge in [-0.3, -0.25) is 9.59 Å². The highest BCUT2D eigenvalue weighted by Gasteiger charge is 2.47. The Balaban J connectivity index is 1.44. The third-order valence-electron chi connectivity index (χ3n) is 7.37. The third kappa shape index (κ3) is 5.19. The van der Waals surface area contributed by atoms with E-state index in [0.29, 0.717) is 12.8 Å². The average Bonchev–Trinajstić information content (AvgIpc) is 3.61. The third-order valence-corrected chi connectivity index (χ3v) is 7.37. The van der Waals surface area contributed by atoms with Crippen molar-refractivity contribution >= 4 is 18.0 Å². The Hall–Kier alpha value is -3.35. The van der Waals surface area contributed by atoms with Crippen molar-refractivity contribution in [3.63, 3.8) is 0 Å². The van der Waals surface area contributed by atoms with E-state index in [1.54, 1.807) is 13.8 Å². The van der Waals surface area contributed by atoms with Crippen molar-refractivity contribution in [3.8, 4) is 11.1 Å². The van der Waals surface area contributed by atoms with Gasteiger partial charge in [-0.1, -0.05) is 61.9 Å². The SMILES string of the molecule is CCCC(C)(NC(=O)OCC1c2ccccc2-c2ccccc21)C(=O)NC(C)(CC(=O)O)C1CC1. The van der Waals surface area contributed by atoms with E-state index in [4.69, 9.17) is 4.74 Å². The zero-order valence-electron chi connectivity index (χ0n) is 20.6. The summed E-state index contributed by atoms with van der Waals surface area (Å²) in [5.41, 5.74) is 2.45. The first-order chi connectivity index (χ1) is 16.7. The van der Waals surface area contributed by atoms with Gasteiger partial charge in [-0.05, 0) is 61.3 Å². The molecule has 0 spiro atoms. The minimum absolute atomic E-state index is 0.0758. The van der Waals surface area contributed by atoms with Crippen LogP contribution >= 0.6 is 0 Å². The Bertz CT molecular complexity index is 1080.